The minimum absolute atomic E-state index is 0.237. The molecule has 0 unspecified atom stereocenters. The lowest BCUT2D eigenvalue weighted by atomic mass is 9.98. The number of fused-ring (bicyclic) bond motifs is 2. The summed E-state index contributed by atoms with van der Waals surface area (Å²) in [6, 6.07) is 92.9. The van der Waals surface area contributed by atoms with Crippen LogP contribution in [0.25, 0.3) is 44.1 Å². The lowest BCUT2D eigenvalue weighted by Gasteiger charge is -2.36. The first-order chi connectivity index (χ1) is 33.1. The smallest absolute Gasteiger partial charge is 0.184 e. The van der Waals surface area contributed by atoms with Gasteiger partial charge < -0.3 is 9.84 Å². The normalized spacial score (nSPS) is 11.7. The van der Waals surface area contributed by atoms with Gasteiger partial charge in [-0.25, -0.2) is 4.98 Å². The van der Waals surface area contributed by atoms with Crippen LogP contribution in [0.3, 0.4) is 0 Å². The van der Waals surface area contributed by atoms with Crippen molar-refractivity contribution in [3.8, 4) is 34.0 Å². The largest absolute Gasteiger partial charge is 0.507 e. The molecular formula is C62H47NO2Si2. The molecule has 5 heteroatoms. The zero-order valence-electron chi connectivity index (χ0n) is 37.1. The number of methoxy groups -OCH3 is 1. The zero-order valence-corrected chi connectivity index (χ0v) is 39.1. The Labute approximate surface area is 394 Å². The van der Waals surface area contributed by atoms with Gasteiger partial charge in [0.1, 0.15) is 11.5 Å². The number of hydrogen-bond acceptors (Lipinski definition) is 3. The SMILES string of the molecule is COc1c([Si](c2ccccc2)(c2ccccc2)c2ccccc2)cc2ccccc2c1-c1cccc(-c2c(O)c([Si](c3ccccc3)(c3ccccc3)c3ccccc3)cc3ccccc23)n1. The number of hydrogen-bond donors (Lipinski definition) is 1. The van der Waals surface area contributed by atoms with Crippen LogP contribution >= 0.6 is 0 Å². The molecule has 1 heterocycles. The Hall–Kier alpha value is -8.10. The van der Waals surface area contributed by atoms with Crippen molar-refractivity contribution in [2.24, 2.45) is 0 Å². The van der Waals surface area contributed by atoms with Gasteiger partial charge in [0.25, 0.3) is 0 Å². The Morgan fingerprint density at radius 1 is 0.343 bits per heavy atom. The Morgan fingerprint density at radius 2 is 0.657 bits per heavy atom. The summed E-state index contributed by atoms with van der Waals surface area (Å²) in [5, 5.41) is 26.9. The van der Waals surface area contributed by atoms with E-state index in [4.69, 9.17) is 9.72 Å². The fraction of sp³-hybridized carbons (Fsp3) is 0.0161. The molecular weight excluding hydrogens is 847 g/mol. The Morgan fingerprint density at radius 3 is 1.04 bits per heavy atom. The molecule has 0 saturated heterocycles. The predicted octanol–water partition coefficient (Wildman–Crippen LogP) is 9.19. The molecule has 0 aliphatic rings. The third-order valence-corrected chi connectivity index (χ3v) is 23.1. The third kappa shape index (κ3) is 6.90. The molecule has 11 aromatic rings. The van der Waals surface area contributed by atoms with Crippen LogP contribution in [0.5, 0.6) is 11.5 Å². The zero-order chi connectivity index (χ0) is 45.2. The second-order valence-electron chi connectivity index (χ2n) is 17.0. The number of ether oxygens (including phenoxy) is 1. The van der Waals surface area contributed by atoms with Gasteiger partial charge in [-0.3, -0.25) is 0 Å². The van der Waals surface area contributed by atoms with E-state index in [0.29, 0.717) is 11.3 Å². The predicted molar refractivity (Wildman–Crippen MR) is 286 cm³/mol. The van der Waals surface area contributed by atoms with E-state index < -0.39 is 16.1 Å². The number of rotatable bonds is 11. The summed E-state index contributed by atoms with van der Waals surface area (Å²) in [7, 11) is -4.46. The van der Waals surface area contributed by atoms with Gasteiger partial charge >= 0.3 is 0 Å². The van der Waals surface area contributed by atoms with E-state index in [9.17, 15) is 5.11 Å². The molecule has 67 heavy (non-hydrogen) atoms. The lowest BCUT2D eigenvalue weighted by Crippen LogP contribution is -2.75. The summed E-state index contributed by atoms with van der Waals surface area (Å²) < 4.78 is 6.81. The van der Waals surface area contributed by atoms with Gasteiger partial charge in [-0.05, 0) is 75.2 Å². The summed E-state index contributed by atoms with van der Waals surface area (Å²) in [6.45, 7) is 0. The monoisotopic (exact) mass is 893 g/mol. The van der Waals surface area contributed by atoms with Crippen molar-refractivity contribution in [1.29, 1.82) is 0 Å². The first kappa shape index (κ1) is 41.6. The van der Waals surface area contributed by atoms with E-state index in [1.807, 2.05) is 12.1 Å². The van der Waals surface area contributed by atoms with Gasteiger partial charge in [0.2, 0.25) is 0 Å². The lowest BCUT2D eigenvalue weighted by molar-refractivity contribution is 0.420. The van der Waals surface area contributed by atoms with Gasteiger partial charge in [-0.15, -0.1) is 0 Å². The van der Waals surface area contributed by atoms with Crippen LogP contribution in [-0.4, -0.2) is 33.3 Å². The molecule has 11 rings (SSSR count). The molecule has 0 amide bonds. The highest BCUT2D eigenvalue weighted by Gasteiger charge is 2.46. The third-order valence-electron chi connectivity index (χ3n) is 13.5. The first-order valence-electron chi connectivity index (χ1n) is 22.8. The van der Waals surface area contributed by atoms with Crippen molar-refractivity contribution in [2.75, 3.05) is 7.11 Å². The maximum absolute atomic E-state index is 13.4. The van der Waals surface area contributed by atoms with Gasteiger partial charge in [0.05, 0.1) is 18.5 Å². The molecule has 10 aromatic carbocycles. The summed E-state index contributed by atoms with van der Waals surface area (Å²) in [4.78, 5) is 5.66. The van der Waals surface area contributed by atoms with Crippen molar-refractivity contribution in [3.63, 3.8) is 0 Å². The van der Waals surface area contributed by atoms with Crippen LogP contribution < -0.4 is 46.2 Å². The standard InChI is InChI=1S/C62H47NO2Si2/c1-65-62-58(67(50-33-14-5-15-34-50,51-35-16-6-17-36-51)52-37-18-7-19-38-52)44-46-26-21-23-40-54(46)60(62)56-42-24-41-55(63-56)59-53-39-22-20-25-45(53)43-57(61(59)64)66(47-27-8-2-9-28-47,48-29-10-3-11-30-48)49-31-12-4-13-32-49/h2-44,64H,1H3. The fourth-order valence-corrected chi connectivity index (χ4v) is 20.5. The van der Waals surface area contributed by atoms with Crippen LogP contribution in [0.15, 0.2) is 261 Å². The average Bonchev–Trinajstić information content (AvgIpc) is 3.41. The summed E-state index contributed by atoms with van der Waals surface area (Å²) in [6.07, 6.45) is 0. The maximum atomic E-state index is 13.4. The molecule has 0 fully saturated rings. The number of nitrogens with zero attached hydrogens (tertiary/aromatic N) is 1. The van der Waals surface area contributed by atoms with Crippen molar-refractivity contribution in [1.82, 2.24) is 4.98 Å². The van der Waals surface area contributed by atoms with Crippen LogP contribution in [0, 0.1) is 0 Å². The molecule has 0 bridgehead atoms. The Balaban J connectivity index is 1.22. The number of aromatic hydroxyl groups is 1. The Bertz CT molecular complexity index is 3310. The van der Waals surface area contributed by atoms with Crippen LogP contribution in [0.1, 0.15) is 0 Å². The van der Waals surface area contributed by atoms with Gasteiger partial charge in [-0.1, -0.05) is 249 Å². The number of phenols is 1. The maximum Gasteiger partial charge on any atom is 0.184 e. The van der Waals surface area contributed by atoms with Gasteiger partial charge in [0, 0.05) is 11.1 Å². The highest BCUT2D eigenvalue weighted by Crippen LogP contribution is 2.40. The van der Waals surface area contributed by atoms with E-state index in [0.717, 1.165) is 48.9 Å². The van der Waals surface area contributed by atoms with Crippen molar-refractivity contribution in [2.45, 2.75) is 0 Å². The minimum Gasteiger partial charge on any atom is -0.507 e. The number of aromatic nitrogens is 1. The van der Waals surface area contributed by atoms with Crippen LogP contribution in [0.4, 0.5) is 0 Å². The van der Waals surface area contributed by atoms with E-state index in [1.54, 1.807) is 7.11 Å². The quantitative estimate of drug-likeness (QED) is 0.104. The minimum atomic E-state index is -3.17. The first-order valence-corrected chi connectivity index (χ1v) is 26.8. The summed E-state index contributed by atoms with van der Waals surface area (Å²) in [5.74, 6) is 1.03. The van der Waals surface area contributed by atoms with E-state index in [-0.39, 0.29) is 5.75 Å². The molecule has 3 nitrogen and oxygen atoms in total. The van der Waals surface area contributed by atoms with Crippen LogP contribution in [-0.2, 0) is 0 Å². The van der Waals surface area contributed by atoms with E-state index >= 15 is 0 Å². The van der Waals surface area contributed by atoms with Crippen molar-refractivity contribution in [3.05, 3.63) is 261 Å². The Kier molecular flexibility index (Phi) is 11.0. The molecule has 0 saturated carbocycles. The molecule has 1 aromatic heterocycles. The molecule has 320 valence electrons. The summed E-state index contributed by atoms with van der Waals surface area (Å²) in [5.41, 5.74) is 3.06. The van der Waals surface area contributed by atoms with Crippen molar-refractivity contribution >= 4 is 79.2 Å². The second-order valence-corrected chi connectivity index (χ2v) is 24.6. The second kappa shape index (κ2) is 17.7. The van der Waals surface area contributed by atoms with E-state index in [2.05, 4.69) is 249 Å². The molecule has 0 aliphatic carbocycles. The molecule has 0 aliphatic heterocycles. The highest BCUT2D eigenvalue weighted by atomic mass is 28.3. The molecule has 1 N–H and O–H groups in total. The van der Waals surface area contributed by atoms with Crippen LogP contribution in [0.2, 0.25) is 0 Å². The average molecular weight is 894 g/mol. The number of phenolic OH excluding ortho intramolecular Hbond substituents is 1. The van der Waals surface area contributed by atoms with E-state index in [1.165, 1.54) is 31.1 Å². The highest BCUT2D eigenvalue weighted by molar-refractivity contribution is 7.21. The number of benzene rings is 10. The van der Waals surface area contributed by atoms with Gasteiger partial charge in [0.15, 0.2) is 16.1 Å². The molecule has 0 radical (unpaired) electrons. The van der Waals surface area contributed by atoms with Crippen molar-refractivity contribution < 1.29 is 9.84 Å². The van der Waals surface area contributed by atoms with Gasteiger partial charge in [-0.2, -0.15) is 0 Å². The fourth-order valence-electron chi connectivity index (χ4n) is 10.7. The molecule has 0 spiro atoms. The molecule has 0 atom stereocenters. The topological polar surface area (TPSA) is 42.4 Å². The summed E-state index contributed by atoms with van der Waals surface area (Å²) >= 11 is 0. The number of pyridine rings is 1.